The Bertz CT molecular complexity index is 305. The van der Waals surface area contributed by atoms with Gasteiger partial charge in [0, 0.05) is 0 Å². The molecule has 0 amide bonds. The van der Waals surface area contributed by atoms with Gasteiger partial charge in [0.1, 0.15) is 11.6 Å². The van der Waals surface area contributed by atoms with Gasteiger partial charge >= 0.3 is 7.91 Å². The third-order valence-electron chi connectivity index (χ3n) is 1.03. The first kappa shape index (κ1) is 9.16. The number of rotatable bonds is 2. The zero-order valence-corrected chi connectivity index (χ0v) is 6.67. The van der Waals surface area contributed by atoms with Gasteiger partial charge in [-0.05, 0) is 24.3 Å². The van der Waals surface area contributed by atoms with Crippen LogP contribution >= 0.6 is 7.91 Å². The van der Waals surface area contributed by atoms with Gasteiger partial charge in [-0.3, -0.25) is 4.89 Å². The van der Waals surface area contributed by atoms with Crippen molar-refractivity contribution < 1.29 is 22.6 Å². The van der Waals surface area contributed by atoms with Gasteiger partial charge in [0.05, 0.1) is 0 Å². The van der Waals surface area contributed by atoms with Crippen LogP contribution < -0.4 is 4.52 Å². The molecule has 0 heterocycles. The summed E-state index contributed by atoms with van der Waals surface area (Å²) in [6.07, 6.45) is 0. The van der Waals surface area contributed by atoms with Crippen LogP contribution in [0.5, 0.6) is 5.75 Å². The van der Waals surface area contributed by atoms with Crippen molar-refractivity contribution >= 4 is 7.91 Å². The van der Waals surface area contributed by atoms with E-state index in [-0.39, 0.29) is 5.75 Å². The van der Waals surface area contributed by atoms with Crippen molar-refractivity contribution in [2.75, 3.05) is 0 Å². The van der Waals surface area contributed by atoms with Crippen LogP contribution in [0.2, 0.25) is 0 Å². The summed E-state index contributed by atoms with van der Waals surface area (Å²) in [4.78, 5) is 8.11. The Morgan fingerprint density at radius 3 is 2.25 bits per heavy atom. The van der Waals surface area contributed by atoms with Gasteiger partial charge in [0.2, 0.25) is 0 Å². The first-order valence-electron chi connectivity index (χ1n) is 2.95. The predicted molar refractivity (Wildman–Crippen MR) is 38.0 cm³/mol. The van der Waals surface area contributed by atoms with E-state index in [1.54, 1.807) is 0 Å². The average molecular weight is 194 g/mol. The third-order valence-corrected chi connectivity index (χ3v) is 1.47. The second-order valence-electron chi connectivity index (χ2n) is 2.00. The lowest BCUT2D eigenvalue weighted by molar-refractivity contribution is 0.330. The first-order chi connectivity index (χ1) is 5.47. The summed E-state index contributed by atoms with van der Waals surface area (Å²) >= 11 is 0. The fourth-order valence-corrected chi connectivity index (χ4v) is 1.01. The van der Waals surface area contributed by atoms with Gasteiger partial charge in [-0.1, -0.05) is 0 Å². The van der Waals surface area contributed by atoms with Crippen molar-refractivity contribution in [1.82, 2.24) is 0 Å². The molecule has 0 radical (unpaired) electrons. The molecule has 1 aromatic carbocycles. The van der Waals surface area contributed by atoms with Gasteiger partial charge in [0.25, 0.3) is 0 Å². The van der Waals surface area contributed by atoms with Gasteiger partial charge in [-0.25, -0.2) is 8.96 Å². The summed E-state index contributed by atoms with van der Waals surface area (Å²) in [7, 11) is -5.03. The molecule has 1 N–H and O–H groups in total. The molecular formula is C6H5F2O3P. The van der Waals surface area contributed by atoms with E-state index in [2.05, 4.69) is 4.52 Å². The van der Waals surface area contributed by atoms with E-state index in [9.17, 15) is 13.2 Å². The van der Waals surface area contributed by atoms with Crippen molar-refractivity contribution in [2.24, 2.45) is 0 Å². The monoisotopic (exact) mass is 194 g/mol. The van der Waals surface area contributed by atoms with Crippen molar-refractivity contribution in [3.05, 3.63) is 30.1 Å². The molecule has 1 aromatic rings. The van der Waals surface area contributed by atoms with Gasteiger partial charge in [-0.2, -0.15) is 0 Å². The minimum Gasteiger partial charge on any atom is -0.401 e. The van der Waals surface area contributed by atoms with E-state index >= 15 is 0 Å². The van der Waals surface area contributed by atoms with Crippen molar-refractivity contribution in [2.45, 2.75) is 0 Å². The largest absolute Gasteiger partial charge is 0.567 e. The smallest absolute Gasteiger partial charge is 0.401 e. The molecule has 0 spiro atoms. The van der Waals surface area contributed by atoms with E-state index in [4.69, 9.17) is 4.89 Å². The lowest BCUT2D eigenvalue weighted by Gasteiger charge is -2.03. The fourth-order valence-electron chi connectivity index (χ4n) is 0.625. The summed E-state index contributed by atoms with van der Waals surface area (Å²) in [5.74, 6) is -0.723. The Morgan fingerprint density at radius 1 is 1.33 bits per heavy atom. The summed E-state index contributed by atoms with van der Waals surface area (Å²) in [5.41, 5.74) is 0. The molecule has 12 heavy (non-hydrogen) atoms. The van der Waals surface area contributed by atoms with Crippen LogP contribution in [0.4, 0.5) is 8.59 Å². The summed E-state index contributed by atoms with van der Waals surface area (Å²) in [5, 5.41) is 0. The van der Waals surface area contributed by atoms with E-state index in [0.29, 0.717) is 0 Å². The summed E-state index contributed by atoms with van der Waals surface area (Å²) in [6, 6.07) is 4.09. The van der Waals surface area contributed by atoms with Gasteiger partial charge in [0.15, 0.2) is 0 Å². The molecule has 0 aromatic heterocycles. The highest BCUT2D eigenvalue weighted by Crippen LogP contribution is 2.43. The SMILES string of the molecule is O=P(O)(F)Oc1ccc(F)cc1. The second kappa shape index (κ2) is 3.21. The van der Waals surface area contributed by atoms with Gasteiger partial charge in [-0.15, -0.1) is 4.20 Å². The lowest BCUT2D eigenvalue weighted by Crippen LogP contribution is -1.85. The highest BCUT2D eigenvalue weighted by atomic mass is 31.2. The zero-order valence-electron chi connectivity index (χ0n) is 5.78. The third kappa shape index (κ3) is 2.98. The van der Waals surface area contributed by atoms with E-state index in [1.807, 2.05) is 0 Å². The maximum atomic E-state index is 12.2. The lowest BCUT2D eigenvalue weighted by atomic mass is 10.3. The highest BCUT2D eigenvalue weighted by Gasteiger charge is 2.18. The van der Waals surface area contributed by atoms with Crippen LogP contribution in [0.25, 0.3) is 0 Å². The topological polar surface area (TPSA) is 46.5 Å². The molecule has 1 rings (SSSR count). The molecule has 0 aliphatic heterocycles. The normalized spacial score (nSPS) is 15.2. The fraction of sp³-hybridized carbons (Fsp3) is 0. The number of benzene rings is 1. The molecule has 0 aliphatic rings. The predicted octanol–water partition coefficient (Wildman–Crippen LogP) is 2.27. The Hall–Kier alpha value is -0.930. The first-order valence-corrected chi connectivity index (χ1v) is 4.42. The van der Waals surface area contributed by atoms with Crippen LogP contribution in [-0.2, 0) is 4.57 Å². The van der Waals surface area contributed by atoms with Crippen LogP contribution in [0.1, 0.15) is 0 Å². The maximum Gasteiger partial charge on any atom is 0.567 e. The maximum absolute atomic E-state index is 12.2. The molecular weight excluding hydrogens is 189 g/mol. The quantitative estimate of drug-likeness (QED) is 0.734. The van der Waals surface area contributed by atoms with Crippen LogP contribution in [-0.4, -0.2) is 4.89 Å². The Labute approximate surface area is 67.3 Å². The Balaban J connectivity index is 2.78. The minimum absolute atomic E-state index is 0.190. The standard InChI is InChI=1S/C6H5F2O3P/c7-5-1-3-6(4-2-5)11-12(8,9)10/h1-4H,(H,9,10). The molecule has 3 nitrogen and oxygen atoms in total. The van der Waals surface area contributed by atoms with E-state index < -0.39 is 13.7 Å². The zero-order chi connectivity index (χ0) is 9.19. The second-order valence-corrected chi connectivity index (χ2v) is 3.08. The Kier molecular flexibility index (Phi) is 2.45. The highest BCUT2D eigenvalue weighted by molar-refractivity contribution is 7.47. The average Bonchev–Trinajstić information content (AvgIpc) is 1.91. The van der Waals surface area contributed by atoms with E-state index in [0.717, 1.165) is 24.3 Å². The summed E-state index contributed by atoms with van der Waals surface area (Å²) < 4.78 is 38.2. The number of hydrogen-bond acceptors (Lipinski definition) is 2. The van der Waals surface area contributed by atoms with Crippen LogP contribution in [0, 0.1) is 5.82 Å². The van der Waals surface area contributed by atoms with Crippen LogP contribution in [0.15, 0.2) is 24.3 Å². The molecule has 6 heteroatoms. The van der Waals surface area contributed by atoms with Gasteiger partial charge < -0.3 is 4.52 Å². The van der Waals surface area contributed by atoms with Crippen LogP contribution in [0.3, 0.4) is 0 Å². The molecule has 0 saturated carbocycles. The van der Waals surface area contributed by atoms with Crippen molar-refractivity contribution in [3.8, 4) is 5.75 Å². The molecule has 1 unspecified atom stereocenters. The molecule has 1 atom stereocenters. The summed E-state index contributed by atoms with van der Waals surface area (Å²) in [6.45, 7) is 0. The molecule has 0 bridgehead atoms. The minimum atomic E-state index is -5.03. The molecule has 66 valence electrons. The Morgan fingerprint density at radius 2 is 1.83 bits per heavy atom. The van der Waals surface area contributed by atoms with E-state index in [1.165, 1.54) is 0 Å². The number of hydrogen-bond donors (Lipinski definition) is 1. The molecule has 0 fully saturated rings. The molecule has 0 aliphatic carbocycles. The number of halogens is 2. The molecule has 0 saturated heterocycles. The van der Waals surface area contributed by atoms with Crippen molar-refractivity contribution in [1.29, 1.82) is 0 Å². The van der Waals surface area contributed by atoms with Crippen molar-refractivity contribution in [3.63, 3.8) is 0 Å².